The number of morpholine rings is 1. The van der Waals surface area contributed by atoms with Gasteiger partial charge in [0.2, 0.25) is 5.91 Å². The van der Waals surface area contributed by atoms with Crippen molar-refractivity contribution in [3.8, 4) is 0 Å². The standard InChI is InChI=1S/C17H30N2O6/c1-11(2)9-12(18(6)16(23)25-17(3,4)5)14(20)19-7-8-24-10-13(19)15(21)22/h11-13H,7-10H2,1-6H3,(H,21,22)/t12?,13-/m1/s1. The minimum absolute atomic E-state index is 0.0500. The van der Waals surface area contributed by atoms with Gasteiger partial charge in [-0.05, 0) is 33.1 Å². The van der Waals surface area contributed by atoms with Crippen molar-refractivity contribution in [3.05, 3.63) is 0 Å². The van der Waals surface area contributed by atoms with Crippen LogP contribution >= 0.6 is 0 Å². The third-order valence-corrected chi connectivity index (χ3v) is 3.83. The molecule has 0 aromatic carbocycles. The molecule has 8 heteroatoms. The van der Waals surface area contributed by atoms with Gasteiger partial charge < -0.3 is 19.5 Å². The van der Waals surface area contributed by atoms with E-state index in [1.807, 2.05) is 13.8 Å². The number of carbonyl (C=O) groups excluding carboxylic acids is 2. The molecule has 0 bridgehead atoms. The predicted molar refractivity (Wildman–Crippen MR) is 91.2 cm³/mol. The molecule has 0 aromatic heterocycles. The number of hydrogen-bond donors (Lipinski definition) is 1. The smallest absolute Gasteiger partial charge is 0.410 e. The SMILES string of the molecule is CC(C)CC(C(=O)N1CCOC[C@@H]1C(=O)O)N(C)C(=O)OC(C)(C)C. The minimum atomic E-state index is -1.11. The number of carbonyl (C=O) groups is 3. The van der Waals surface area contributed by atoms with Gasteiger partial charge in [-0.15, -0.1) is 0 Å². The Labute approximate surface area is 149 Å². The third-order valence-electron chi connectivity index (χ3n) is 3.83. The molecule has 1 aliphatic rings. The molecule has 1 heterocycles. The number of amides is 2. The normalized spacial score (nSPS) is 19.5. The topological polar surface area (TPSA) is 96.4 Å². The second-order valence-corrected chi connectivity index (χ2v) is 7.70. The van der Waals surface area contributed by atoms with Crippen LogP contribution in [0.5, 0.6) is 0 Å². The lowest BCUT2D eigenvalue weighted by Crippen LogP contribution is -2.59. The molecule has 2 amide bonds. The summed E-state index contributed by atoms with van der Waals surface area (Å²) < 4.78 is 10.5. The summed E-state index contributed by atoms with van der Waals surface area (Å²) in [4.78, 5) is 39.4. The number of nitrogens with zero attached hydrogens (tertiary/aromatic N) is 2. The van der Waals surface area contributed by atoms with Gasteiger partial charge in [0, 0.05) is 13.6 Å². The van der Waals surface area contributed by atoms with Crippen molar-refractivity contribution in [1.82, 2.24) is 9.80 Å². The maximum Gasteiger partial charge on any atom is 0.410 e. The molecule has 0 aliphatic carbocycles. The fourth-order valence-electron chi connectivity index (χ4n) is 2.60. The number of rotatable bonds is 5. The third kappa shape index (κ3) is 6.19. The Kier molecular flexibility index (Phi) is 7.22. The number of aliphatic carboxylic acids is 1. The lowest BCUT2D eigenvalue weighted by atomic mass is 10.0. The average molecular weight is 358 g/mol. The van der Waals surface area contributed by atoms with Gasteiger partial charge in [-0.1, -0.05) is 13.8 Å². The van der Waals surface area contributed by atoms with Gasteiger partial charge >= 0.3 is 12.1 Å². The van der Waals surface area contributed by atoms with Crippen LogP contribution < -0.4 is 0 Å². The van der Waals surface area contributed by atoms with Crippen LogP contribution in [0.2, 0.25) is 0 Å². The van der Waals surface area contributed by atoms with Crippen LogP contribution in [-0.4, -0.2) is 77.4 Å². The highest BCUT2D eigenvalue weighted by molar-refractivity contribution is 5.89. The number of ether oxygens (including phenoxy) is 2. The highest BCUT2D eigenvalue weighted by Crippen LogP contribution is 2.19. The summed E-state index contributed by atoms with van der Waals surface area (Å²) in [7, 11) is 1.51. The van der Waals surface area contributed by atoms with Crippen LogP contribution in [0.1, 0.15) is 41.0 Å². The van der Waals surface area contributed by atoms with Crippen LogP contribution in [0.25, 0.3) is 0 Å². The van der Waals surface area contributed by atoms with E-state index in [1.165, 1.54) is 16.8 Å². The van der Waals surface area contributed by atoms with E-state index in [9.17, 15) is 19.5 Å². The maximum absolute atomic E-state index is 13.0. The molecule has 1 saturated heterocycles. The van der Waals surface area contributed by atoms with Crippen molar-refractivity contribution < 1.29 is 29.0 Å². The first kappa shape index (κ1) is 21.2. The molecule has 25 heavy (non-hydrogen) atoms. The second-order valence-electron chi connectivity index (χ2n) is 7.70. The van der Waals surface area contributed by atoms with Gasteiger partial charge in [-0.2, -0.15) is 0 Å². The fraction of sp³-hybridized carbons (Fsp3) is 0.824. The van der Waals surface area contributed by atoms with Gasteiger partial charge in [-0.3, -0.25) is 9.69 Å². The van der Waals surface area contributed by atoms with Crippen molar-refractivity contribution >= 4 is 18.0 Å². The first-order valence-electron chi connectivity index (χ1n) is 8.51. The van der Waals surface area contributed by atoms with E-state index in [0.717, 1.165) is 0 Å². The predicted octanol–water partition coefficient (Wildman–Crippen LogP) is 1.58. The molecule has 1 fully saturated rings. The van der Waals surface area contributed by atoms with Gasteiger partial charge in [0.15, 0.2) is 6.04 Å². The van der Waals surface area contributed by atoms with E-state index in [1.54, 1.807) is 20.8 Å². The molecule has 0 aromatic rings. The molecule has 1 aliphatic heterocycles. The molecule has 1 N–H and O–H groups in total. The fourth-order valence-corrected chi connectivity index (χ4v) is 2.60. The monoisotopic (exact) mass is 358 g/mol. The summed E-state index contributed by atoms with van der Waals surface area (Å²) in [5.74, 6) is -1.36. The molecule has 1 rings (SSSR count). The zero-order valence-corrected chi connectivity index (χ0v) is 15.9. The maximum atomic E-state index is 13.0. The molecular weight excluding hydrogens is 328 g/mol. The molecular formula is C17H30N2O6. The van der Waals surface area contributed by atoms with E-state index in [-0.39, 0.29) is 25.7 Å². The Balaban J connectivity index is 3.01. The van der Waals surface area contributed by atoms with E-state index in [4.69, 9.17) is 9.47 Å². The first-order valence-corrected chi connectivity index (χ1v) is 8.51. The van der Waals surface area contributed by atoms with Crippen molar-refractivity contribution in [2.24, 2.45) is 5.92 Å². The van der Waals surface area contributed by atoms with Gasteiger partial charge in [-0.25, -0.2) is 9.59 Å². The first-order chi connectivity index (χ1) is 11.4. The quantitative estimate of drug-likeness (QED) is 0.801. The summed E-state index contributed by atoms with van der Waals surface area (Å²) in [6.07, 6.45) is -0.190. The molecule has 0 saturated carbocycles. The van der Waals surface area contributed by atoms with Crippen molar-refractivity contribution in [3.63, 3.8) is 0 Å². The van der Waals surface area contributed by atoms with Gasteiger partial charge in [0.1, 0.15) is 11.6 Å². The van der Waals surface area contributed by atoms with Crippen LogP contribution in [0.4, 0.5) is 4.79 Å². The molecule has 8 nitrogen and oxygen atoms in total. The van der Waals surface area contributed by atoms with Crippen molar-refractivity contribution in [2.75, 3.05) is 26.8 Å². The van der Waals surface area contributed by atoms with E-state index < -0.39 is 35.7 Å². The summed E-state index contributed by atoms with van der Waals surface area (Å²) in [6.45, 7) is 9.55. The van der Waals surface area contributed by atoms with Gasteiger partial charge in [0.25, 0.3) is 0 Å². The summed E-state index contributed by atoms with van der Waals surface area (Å²) in [5.41, 5.74) is -0.681. The van der Waals surface area contributed by atoms with Gasteiger partial charge in [0.05, 0.1) is 13.2 Å². The Bertz CT molecular complexity index is 500. The van der Waals surface area contributed by atoms with Crippen LogP contribution in [0, 0.1) is 5.92 Å². The Morgan fingerprint density at radius 3 is 2.40 bits per heavy atom. The molecule has 0 spiro atoms. The van der Waals surface area contributed by atoms with Crippen molar-refractivity contribution in [1.29, 1.82) is 0 Å². The summed E-state index contributed by atoms with van der Waals surface area (Å²) in [6, 6.07) is -1.82. The van der Waals surface area contributed by atoms with E-state index in [2.05, 4.69) is 0 Å². The summed E-state index contributed by atoms with van der Waals surface area (Å²) >= 11 is 0. The number of hydrogen-bond acceptors (Lipinski definition) is 5. The van der Waals surface area contributed by atoms with Crippen LogP contribution in [-0.2, 0) is 19.1 Å². The second kappa shape index (κ2) is 8.51. The van der Waals surface area contributed by atoms with Crippen molar-refractivity contribution in [2.45, 2.75) is 58.7 Å². The van der Waals surface area contributed by atoms with Crippen LogP contribution in [0.3, 0.4) is 0 Å². The number of carboxylic acid groups (broad SMARTS) is 1. The van der Waals surface area contributed by atoms with E-state index >= 15 is 0 Å². The largest absolute Gasteiger partial charge is 0.480 e. The highest BCUT2D eigenvalue weighted by atomic mass is 16.6. The molecule has 0 radical (unpaired) electrons. The Hall–Kier alpha value is -1.83. The Morgan fingerprint density at radius 1 is 1.32 bits per heavy atom. The minimum Gasteiger partial charge on any atom is -0.480 e. The summed E-state index contributed by atoms with van der Waals surface area (Å²) in [5, 5.41) is 9.34. The molecule has 144 valence electrons. The average Bonchev–Trinajstić information content (AvgIpc) is 2.49. The molecule has 1 unspecified atom stereocenters. The van der Waals surface area contributed by atoms with E-state index in [0.29, 0.717) is 6.42 Å². The number of carboxylic acids is 1. The zero-order valence-electron chi connectivity index (χ0n) is 15.9. The molecule has 2 atom stereocenters. The Morgan fingerprint density at radius 2 is 1.92 bits per heavy atom. The number of likely N-dealkylation sites (N-methyl/N-ethyl adjacent to an activating group) is 1. The van der Waals surface area contributed by atoms with Crippen LogP contribution in [0.15, 0.2) is 0 Å². The highest BCUT2D eigenvalue weighted by Gasteiger charge is 2.39. The lowest BCUT2D eigenvalue weighted by molar-refractivity contribution is -0.160. The zero-order chi connectivity index (χ0) is 19.4. The lowest BCUT2D eigenvalue weighted by Gasteiger charge is -2.38.